The molecule has 0 aromatic heterocycles. The molecule has 0 atom stereocenters. The molecule has 0 aliphatic carbocycles. The lowest BCUT2D eigenvalue weighted by Crippen LogP contribution is -2.26. The Balaban J connectivity index is 1.51. The van der Waals surface area contributed by atoms with Crippen LogP contribution in [0.3, 0.4) is 0 Å². The maximum atomic E-state index is 12.9. The minimum atomic E-state index is -0.242. The Morgan fingerprint density at radius 3 is 2.68 bits per heavy atom. The molecule has 1 N–H and O–H groups in total. The lowest BCUT2D eigenvalue weighted by atomic mass is 10.1. The van der Waals surface area contributed by atoms with E-state index >= 15 is 0 Å². The van der Waals surface area contributed by atoms with Crippen molar-refractivity contribution in [3.63, 3.8) is 0 Å². The number of benzene rings is 2. The summed E-state index contributed by atoms with van der Waals surface area (Å²) < 4.78 is 12.9. The van der Waals surface area contributed by atoms with Crippen LogP contribution >= 0.6 is 0 Å². The van der Waals surface area contributed by atoms with Crippen molar-refractivity contribution in [2.75, 3.05) is 18.0 Å². The van der Waals surface area contributed by atoms with Crippen LogP contribution in [-0.2, 0) is 11.2 Å². The number of anilines is 1. The third kappa shape index (κ3) is 4.44. The van der Waals surface area contributed by atoms with E-state index in [0.717, 1.165) is 30.5 Å². The van der Waals surface area contributed by atoms with Crippen molar-refractivity contribution in [3.05, 3.63) is 65.5 Å². The van der Waals surface area contributed by atoms with Gasteiger partial charge < -0.3 is 10.2 Å². The third-order valence-corrected chi connectivity index (χ3v) is 4.33. The molecule has 130 valence electrons. The Hall–Kier alpha value is -2.69. The summed E-state index contributed by atoms with van der Waals surface area (Å²) in [6.45, 7) is 1.25. The molecule has 5 heteroatoms. The molecule has 0 bridgehead atoms. The van der Waals surface area contributed by atoms with Gasteiger partial charge in [0.1, 0.15) is 5.82 Å². The molecule has 1 fully saturated rings. The van der Waals surface area contributed by atoms with Crippen LogP contribution < -0.4 is 10.2 Å². The van der Waals surface area contributed by atoms with Crippen molar-refractivity contribution in [1.82, 2.24) is 5.32 Å². The quantitative estimate of drug-likeness (QED) is 0.820. The molecule has 3 rings (SSSR count). The highest BCUT2D eigenvalue weighted by molar-refractivity contribution is 5.99. The van der Waals surface area contributed by atoms with Gasteiger partial charge in [-0.3, -0.25) is 9.59 Å². The van der Waals surface area contributed by atoms with Crippen molar-refractivity contribution < 1.29 is 14.0 Å². The van der Waals surface area contributed by atoms with Crippen LogP contribution in [0.5, 0.6) is 0 Å². The second-order valence-electron chi connectivity index (χ2n) is 6.19. The number of nitrogens with one attached hydrogen (secondary N) is 1. The lowest BCUT2D eigenvalue weighted by molar-refractivity contribution is -0.117. The number of hydrogen-bond donors (Lipinski definition) is 1. The van der Waals surface area contributed by atoms with Crippen LogP contribution in [0.25, 0.3) is 0 Å². The van der Waals surface area contributed by atoms with Gasteiger partial charge in [0, 0.05) is 30.8 Å². The van der Waals surface area contributed by atoms with Gasteiger partial charge in [0.2, 0.25) is 5.91 Å². The van der Waals surface area contributed by atoms with E-state index in [4.69, 9.17) is 0 Å². The van der Waals surface area contributed by atoms with Gasteiger partial charge in [-0.25, -0.2) is 4.39 Å². The molecule has 2 aromatic rings. The van der Waals surface area contributed by atoms with E-state index in [1.165, 1.54) is 12.1 Å². The topological polar surface area (TPSA) is 49.4 Å². The van der Waals surface area contributed by atoms with E-state index < -0.39 is 0 Å². The fraction of sp³-hybridized carbons (Fsp3) is 0.300. The minimum Gasteiger partial charge on any atom is -0.352 e. The van der Waals surface area contributed by atoms with E-state index in [0.29, 0.717) is 25.1 Å². The van der Waals surface area contributed by atoms with Gasteiger partial charge in [-0.15, -0.1) is 0 Å². The van der Waals surface area contributed by atoms with E-state index in [1.807, 2.05) is 6.07 Å². The number of aryl methyl sites for hydroxylation is 1. The molecule has 25 heavy (non-hydrogen) atoms. The lowest BCUT2D eigenvalue weighted by Gasteiger charge is -2.16. The Bertz CT molecular complexity index is 759. The highest BCUT2D eigenvalue weighted by Crippen LogP contribution is 2.22. The summed E-state index contributed by atoms with van der Waals surface area (Å²) in [5.74, 6) is -0.280. The predicted octanol–water partition coefficient (Wildman–Crippen LogP) is 3.32. The highest BCUT2D eigenvalue weighted by Gasteiger charge is 2.22. The van der Waals surface area contributed by atoms with Crippen LogP contribution in [0.2, 0.25) is 0 Å². The molecule has 4 nitrogen and oxygen atoms in total. The fourth-order valence-electron chi connectivity index (χ4n) is 2.98. The first-order valence-corrected chi connectivity index (χ1v) is 8.56. The average molecular weight is 340 g/mol. The zero-order chi connectivity index (χ0) is 17.6. The summed E-state index contributed by atoms with van der Waals surface area (Å²) >= 11 is 0. The van der Waals surface area contributed by atoms with Crippen LogP contribution in [0, 0.1) is 5.82 Å². The smallest absolute Gasteiger partial charge is 0.251 e. The van der Waals surface area contributed by atoms with Crippen molar-refractivity contribution in [2.24, 2.45) is 0 Å². The average Bonchev–Trinajstić information content (AvgIpc) is 3.06. The summed E-state index contributed by atoms with van der Waals surface area (Å²) in [6.07, 6.45) is 2.99. The molecule has 1 aliphatic rings. The molecule has 1 saturated heterocycles. The number of halogens is 1. The molecule has 0 saturated carbocycles. The minimum absolute atomic E-state index is 0.108. The zero-order valence-electron chi connectivity index (χ0n) is 14.0. The van der Waals surface area contributed by atoms with Crippen LogP contribution in [-0.4, -0.2) is 24.9 Å². The monoisotopic (exact) mass is 340 g/mol. The van der Waals surface area contributed by atoms with Gasteiger partial charge in [-0.05, 0) is 55.2 Å². The molecule has 0 unspecified atom stereocenters. The summed E-state index contributed by atoms with van der Waals surface area (Å²) in [7, 11) is 0. The zero-order valence-corrected chi connectivity index (χ0v) is 14.0. The Labute approximate surface area is 146 Å². The van der Waals surface area contributed by atoms with Crippen molar-refractivity contribution >= 4 is 17.5 Å². The largest absolute Gasteiger partial charge is 0.352 e. The van der Waals surface area contributed by atoms with E-state index in [2.05, 4.69) is 5.32 Å². The predicted molar refractivity (Wildman–Crippen MR) is 95.1 cm³/mol. The Kier molecular flexibility index (Phi) is 5.43. The van der Waals surface area contributed by atoms with Gasteiger partial charge >= 0.3 is 0 Å². The van der Waals surface area contributed by atoms with Gasteiger partial charge in [0.05, 0.1) is 0 Å². The van der Waals surface area contributed by atoms with E-state index in [9.17, 15) is 14.0 Å². The number of amides is 2. The van der Waals surface area contributed by atoms with Crippen molar-refractivity contribution in [1.29, 1.82) is 0 Å². The molecular weight excluding hydrogens is 319 g/mol. The molecule has 2 aromatic carbocycles. The molecule has 0 radical (unpaired) electrons. The summed E-state index contributed by atoms with van der Waals surface area (Å²) in [6, 6.07) is 13.6. The maximum Gasteiger partial charge on any atom is 0.251 e. The van der Waals surface area contributed by atoms with Crippen LogP contribution in [0.1, 0.15) is 35.2 Å². The fourth-order valence-corrected chi connectivity index (χ4v) is 2.98. The number of hydrogen-bond acceptors (Lipinski definition) is 2. The van der Waals surface area contributed by atoms with Crippen molar-refractivity contribution in [3.8, 4) is 0 Å². The van der Waals surface area contributed by atoms with E-state index in [-0.39, 0.29) is 17.6 Å². The van der Waals surface area contributed by atoms with Crippen molar-refractivity contribution in [2.45, 2.75) is 25.7 Å². The molecule has 0 spiro atoms. The summed E-state index contributed by atoms with van der Waals surface area (Å²) in [5.41, 5.74) is 2.38. The first-order chi connectivity index (χ1) is 12.1. The first kappa shape index (κ1) is 17.1. The summed E-state index contributed by atoms with van der Waals surface area (Å²) in [5, 5.41) is 2.89. The van der Waals surface area contributed by atoms with Gasteiger partial charge in [0.25, 0.3) is 5.91 Å². The second kappa shape index (κ2) is 7.92. The normalized spacial score (nSPS) is 14.0. The Morgan fingerprint density at radius 1 is 1.16 bits per heavy atom. The maximum absolute atomic E-state index is 12.9. The molecular formula is C20H21FN2O2. The highest BCUT2D eigenvalue weighted by atomic mass is 19.1. The first-order valence-electron chi connectivity index (χ1n) is 8.56. The SMILES string of the molecule is O=C(NCCCc1ccc(F)cc1)c1cccc(N2CCCC2=O)c1. The third-order valence-electron chi connectivity index (χ3n) is 4.33. The Morgan fingerprint density at radius 2 is 1.96 bits per heavy atom. The number of carbonyl (C=O) groups excluding carboxylic acids is 2. The van der Waals surface area contributed by atoms with Crippen LogP contribution in [0.15, 0.2) is 48.5 Å². The second-order valence-corrected chi connectivity index (χ2v) is 6.19. The molecule has 1 aliphatic heterocycles. The standard InChI is InChI=1S/C20H21FN2O2/c21-17-10-8-15(9-11-17)4-2-12-22-20(25)16-5-1-6-18(14-16)23-13-3-7-19(23)24/h1,5-6,8-11,14H,2-4,7,12-13H2,(H,22,25). The van der Waals surface area contributed by atoms with Gasteiger partial charge in [0.15, 0.2) is 0 Å². The van der Waals surface area contributed by atoms with Gasteiger partial charge in [-0.2, -0.15) is 0 Å². The molecule has 2 amide bonds. The summed E-state index contributed by atoms with van der Waals surface area (Å²) in [4.78, 5) is 25.8. The van der Waals surface area contributed by atoms with Crippen LogP contribution in [0.4, 0.5) is 10.1 Å². The number of nitrogens with zero attached hydrogens (tertiary/aromatic N) is 1. The molecule has 1 heterocycles. The number of carbonyl (C=O) groups is 2. The van der Waals surface area contributed by atoms with Gasteiger partial charge in [-0.1, -0.05) is 18.2 Å². The van der Waals surface area contributed by atoms with E-state index in [1.54, 1.807) is 35.2 Å². The number of rotatable bonds is 6.